The highest BCUT2D eigenvalue weighted by Crippen LogP contribution is 2.22. The Hall–Kier alpha value is -4.57. The molecule has 0 unspecified atom stereocenters. The van der Waals surface area contributed by atoms with E-state index in [0.29, 0.717) is 33.8 Å². The van der Waals surface area contributed by atoms with Crippen molar-refractivity contribution in [3.8, 4) is 23.8 Å². The van der Waals surface area contributed by atoms with E-state index in [2.05, 4.69) is 16.2 Å². The molecule has 0 aliphatic carbocycles. The minimum Gasteiger partial charge on any atom is -0.457 e. The van der Waals surface area contributed by atoms with Gasteiger partial charge in [0, 0.05) is 11.3 Å². The third-order valence-corrected chi connectivity index (χ3v) is 4.53. The van der Waals surface area contributed by atoms with Crippen LogP contribution in [0.3, 0.4) is 0 Å². The summed E-state index contributed by atoms with van der Waals surface area (Å²) in [5.41, 5.74) is 1.26. The van der Waals surface area contributed by atoms with Crippen LogP contribution in [-0.2, 0) is 4.79 Å². The molecule has 4 aromatic rings. The number of nitrogens with zero attached hydrogens (tertiary/aromatic N) is 1. The molecule has 7 heteroatoms. The summed E-state index contributed by atoms with van der Waals surface area (Å²) in [6.07, 6.45) is 4.86. The molecule has 1 amide bonds. The normalized spacial score (nSPS) is 10.4. The average molecular weight is 411 g/mol. The van der Waals surface area contributed by atoms with Gasteiger partial charge in [0.15, 0.2) is 0 Å². The molecular weight excluding hydrogens is 394 g/mol. The first-order valence-electron chi connectivity index (χ1n) is 9.41. The first-order chi connectivity index (χ1) is 15.0. The van der Waals surface area contributed by atoms with E-state index in [1.165, 1.54) is 0 Å². The van der Waals surface area contributed by atoms with Crippen molar-refractivity contribution in [2.45, 2.75) is 6.42 Å². The predicted molar refractivity (Wildman–Crippen MR) is 117 cm³/mol. The number of H-pyrrole nitrogens is 1. The number of carbonyl (C=O) groups excluding carboxylic acids is 2. The molecule has 152 valence electrons. The summed E-state index contributed by atoms with van der Waals surface area (Å²) in [6.45, 7) is 0. The van der Waals surface area contributed by atoms with Gasteiger partial charge in [0.25, 0.3) is 0 Å². The van der Waals surface area contributed by atoms with Crippen molar-refractivity contribution in [3.05, 3.63) is 88.8 Å². The van der Waals surface area contributed by atoms with Crippen LogP contribution in [0.2, 0.25) is 0 Å². The number of terminal acetylenes is 1. The molecule has 0 spiro atoms. The molecule has 4 rings (SSSR count). The highest BCUT2D eigenvalue weighted by Gasteiger charge is 2.17. The topological polar surface area (TPSA) is 93.2 Å². The molecule has 1 aromatic heterocycles. The Morgan fingerprint density at radius 3 is 2.42 bits per heavy atom. The summed E-state index contributed by atoms with van der Waals surface area (Å²) >= 11 is 0. The number of aromatic amines is 1. The Morgan fingerprint density at radius 2 is 1.71 bits per heavy atom. The number of benzene rings is 3. The number of aromatic nitrogens is 2. The standard InChI is InChI=1S/C24H17N3O4/c1-2-16-8-13-21-20(14-16)26-24(30)27(21)23(29)15-22(28)25-17-9-11-19(12-10-17)31-18-6-4-3-5-7-18/h1,3-14H,15H2,(H,25,28)(H,26,30). The number of rotatable bonds is 5. The van der Waals surface area contributed by atoms with Crippen molar-refractivity contribution >= 4 is 28.5 Å². The van der Waals surface area contributed by atoms with Crippen molar-refractivity contribution < 1.29 is 14.3 Å². The zero-order chi connectivity index (χ0) is 21.8. The molecule has 0 aliphatic heterocycles. The van der Waals surface area contributed by atoms with Gasteiger partial charge in [0.05, 0.1) is 11.0 Å². The van der Waals surface area contributed by atoms with Gasteiger partial charge in [-0.1, -0.05) is 24.1 Å². The second-order valence-electron chi connectivity index (χ2n) is 6.70. The first-order valence-corrected chi connectivity index (χ1v) is 9.41. The molecule has 3 aromatic carbocycles. The van der Waals surface area contributed by atoms with E-state index in [9.17, 15) is 14.4 Å². The van der Waals surface area contributed by atoms with Crippen LogP contribution in [-0.4, -0.2) is 21.4 Å². The van der Waals surface area contributed by atoms with Crippen molar-refractivity contribution in [2.24, 2.45) is 0 Å². The van der Waals surface area contributed by atoms with E-state index in [0.717, 1.165) is 4.57 Å². The lowest BCUT2D eigenvalue weighted by Crippen LogP contribution is -2.28. The molecule has 0 radical (unpaired) electrons. The highest BCUT2D eigenvalue weighted by molar-refractivity contribution is 6.06. The van der Waals surface area contributed by atoms with Crippen molar-refractivity contribution in [3.63, 3.8) is 0 Å². The molecule has 2 N–H and O–H groups in total. The Bertz CT molecular complexity index is 1360. The van der Waals surface area contributed by atoms with Crippen LogP contribution < -0.4 is 15.7 Å². The molecular formula is C24H17N3O4. The molecule has 0 atom stereocenters. The van der Waals surface area contributed by atoms with Gasteiger partial charge in [0.1, 0.15) is 17.9 Å². The van der Waals surface area contributed by atoms with Gasteiger partial charge in [-0.15, -0.1) is 6.42 Å². The van der Waals surface area contributed by atoms with Crippen molar-refractivity contribution in [1.82, 2.24) is 9.55 Å². The van der Waals surface area contributed by atoms with E-state index in [1.54, 1.807) is 42.5 Å². The highest BCUT2D eigenvalue weighted by atomic mass is 16.5. The van der Waals surface area contributed by atoms with Crippen LogP contribution in [0, 0.1) is 12.3 Å². The summed E-state index contributed by atoms with van der Waals surface area (Å²) < 4.78 is 6.64. The number of carbonyl (C=O) groups is 2. The molecule has 0 aliphatic rings. The second kappa shape index (κ2) is 8.43. The van der Waals surface area contributed by atoms with Gasteiger partial charge >= 0.3 is 5.69 Å². The fourth-order valence-corrected chi connectivity index (χ4v) is 3.10. The fourth-order valence-electron chi connectivity index (χ4n) is 3.10. The van der Waals surface area contributed by atoms with Gasteiger partial charge < -0.3 is 15.0 Å². The Morgan fingerprint density at radius 1 is 1.00 bits per heavy atom. The second-order valence-corrected chi connectivity index (χ2v) is 6.70. The van der Waals surface area contributed by atoms with E-state index < -0.39 is 23.9 Å². The molecule has 0 saturated carbocycles. The number of imidazole rings is 1. The fraction of sp³-hybridized carbons (Fsp3) is 0.0417. The number of para-hydroxylation sites is 1. The third-order valence-electron chi connectivity index (χ3n) is 4.53. The summed E-state index contributed by atoms with van der Waals surface area (Å²) in [5.74, 6) is 2.58. The van der Waals surface area contributed by atoms with Crippen LogP contribution >= 0.6 is 0 Å². The quantitative estimate of drug-likeness (QED) is 0.386. The summed E-state index contributed by atoms with van der Waals surface area (Å²) in [4.78, 5) is 39.7. The third kappa shape index (κ3) is 4.38. The molecule has 7 nitrogen and oxygen atoms in total. The van der Waals surface area contributed by atoms with Crippen LogP contribution in [0.5, 0.6) is 11.5 Å². The molecule has 31 heavy (non-hydrogen) atoms. The molecule has 0 fully saturated rings. The lowest BCUT2D eigenvalue weighted by Gasteiger charge is -2.08. The van der Waals surface area contributed by atoms with Crippen molar-refractivity contribution in [1.29, 1.82) is 0 Å². The van der Waals surface area contributed by atoms with E-state index in [4.69, 9.17) is 11.2 Å². The maximum absolute atomic E-state index is 12.6. The van der Waals surface area contributed by atoms with Crippen LogP contribution in [0.4, 0.5) is 5.69 Å². The molecule has 0 saturated heterocycles. The van der Waals surface area contributed by atoms with Gasteiger partial charge in [-0.05, 0) is 54.6 Å². The lowest BCUT2D eigenvalue weighted by atomic mass is 10.2. The van der Waals surface area contributed by atoms with E-state index in [-0.39, 0.29) is 0 Å². The Kier molecular flexibility index (Phi) is 5.37. The zero-order valence-electron chi connectivity index (χ0n) is 16.3. The maximum Gasteiger partial charge on any atom is 0.333 e. The molecule has 0 bridgehead atoms. The Labute approximate surface area is 177 Å². The number of anilines is 1. The van der Waals surface area contributed by atoms with Gasteiger partial charge in [-0.2, -0.15) is 0 Å². The largest absolute Gasteiger partial charge is 0.457 e. The maximum atomic E-state index is 12.6. The van der Waals surface area contributed by atoms with E-state index in [1.807, 2.05) is 30.3 Å². The predicted octanol–water partition coefficient (Wildman–Crippen LogP) is 3.77. The number of hydrogen-bond acceptors (Lipinski definition) is 4. The van der Waals surface area contributed by atoms with E-state index >= 15 is 0 Å². The van der Waals surface area contributed by atoms with Gasteiger partial charge in [-0.3, -0.25) is 9.59 Å². The zero-order valence-corrected chi connectivity index (χ0v) is 16.3. The number of nitrogens with one attached hydrogen (secondary N) is 2. The van der Waals surface area contributed by atoms with Crippen molar-refractivity contribution in [2.75, 3.05) is 5.32 Å². The van der Waals surface area contributed by atoms with Crippen LogP contribution in [0.15, 0.2) is 77.6 Å². The average Bonchev–Trinajstić information content (AvgIpc) is 3.10. The number of ether oxygens (including phenoxy) is 1. The number of amides is 1. The monoisotopic (exact) mass is 411 g/mol. The lowest BCUT2D eigenvalue weighted by molar-refractivity contribution is -0.115. The number of fused-ring (bicyclic) bond motifs is 1. The smallest absolute Gasteiger partial charge is 0.333 e. The molecule has 1 heterocycles. The van der Waals surface area contributed by atoms with Gasteiger partial charge in [-0.25, -0.2) is 9.36 Å². The SMILES string of the molecule is C#Cc1ccc2c(c1)[nH]c(=O)n2C(=O)CC(=O)Nc1ccc(Oc2ccccc2)cc1. The van der Waals surface area contributed by atoms with Crippen LogP contribution in [0.1, 0.15) is 16.8 Å². The first kappa shape index (κ1) is 19.7. The summed E-state index contributed by atoms with van der Waals surface area (Å²) in [7, 11) is 0. The van der Waals surface area contributed by atoms with Crippen LogP contribution in [0.25, 0.3) is 11.0 Å². The summed E-state index contributed by atoms with van der Waals surface area (Å²) in [5, 5.41) is 2.64. The minimum absolute atomic E-state index is 0.365. The summed E-state index contributed by atoms with van der Waals surface area (Å²) in [6, 6.07) is 20.8. The minimum atomic E-state index is -0.647. The van der Waals surface area contributed by atoms with Gasteiger partial charge in [0.2, 0.25) is 11.8 Å². The Balaban J connectivity index is 1.42. The number of hydrogen-bond donors (Lipinski definition) is 2.